The van der Waals surface area contributed by atoms with Crippen LogP contribution in [0, 0.1) is 0 Å². The van der Waals surface area contributed by atoms with Gasteiger partial charge in [-0.1, -0.05) is 18.2 Å². The third kappa shape index (κ3) is 3.93. The number of ether oxygens (including phenoxy) is 1. The number of aryl methyl sites for hydroxylation is 1. The van der Waals surface area contributed by atoms with Crippen molar-refractivity contribution in [2.75, 3.05) is 48.0 Å². The summed E-state index contributed by atoms with van der Waals surface area (Å²) in [5, 5.41) is 3.08. The molecule has 5 heteroatoms. The van der Waals surface area contributed by atoms with Crippen molar-refractivity contribution in [2.45, 2.75) is 25.8 Å². The molecule has 0 bridgehead atoms. The Hall–Kier alpha value is -2.53. The highest BCUT2D eigenvalue weighted by atomic mass is 16.5. The van der Waals surface area contributed by atoms with Crippen LogP contribution in [0.5, 0.6) is 0 Å². The largest absolute Gasteiger partial charge is 0.378 e. The third-order valence-corrected chi connectivity index (χ3v) is 5.50. The van der Waals surface area contributed by atoms with E-state index in [1.54, 1.807) is 0 Å². The Labute approximate surface area is 160 Å². The molecule has 0 aromatic heterocycles. The van der Waals surface area contributed by atoms with Crippen molar-refractivity contribution in [1.29, 1.82) is 0 Å². The molecule has 2 aliphatic heterocycles. The van der Waals surface area contributed by atoms with Crippen LogP contribution in [0.2, 0.25) is 0 Å². The Balaban J connectivity index is 1.41. The zero-order chi connectivity index (χ0) is 18.6. The van der Waals surface area contributed by atoms with E-state index in [-0.39, 0.29) is 11.9 Å². The van der Waals surface area contributed by atoms with Gasteiger partial charge in [-0.2, -0.15) is 0 Å². The summed E-state index contributed by atoms with van der Waals surface area (Å²) in [5.74, 6) is 0.0332. The molecule has 1 unspecified atom stereocenters. The summed E-state index contributed by atoms with van der Waals surface area (Å²) in [6.07, 6.45) is 2.17. The molecule has 4 rings (SSSR count). The summed E-state index contributed by atoms with van der Waals surface area (Å²) >= 11 is 0. The molecule has 1 N–H and O–H groups in total. The van der Waals surface area contributed by atoms with E-state index in [4.69, 9.17) is 4.74 Å². The lowest BCUT2D eigenvalue weighted by Gasteiger charge is -2.35. The quantitative estimate of drug-likeness (QED) is 0.903. The Bertz CT molecular complexity index is 784. The van der Waals surface area contributed by atoms with Gasteiger partial charge in [0.25, 0.3) is 0 Å². The molecule has 1 saturated heterocycles. The number of nitrogens with one attached hydrogen (secondary N) is 1. The minimum atomic E-state index is -0.203. The monoisotopic (exact) mass is 365 g/mol. The smallest absolute Gasteiger partial charge is 0.246 e. The van der Waals surface area contributed by atoms with Crippen LogP contribution in [0.4, 0.5) is 17.1 Å². The van der Waals surface area contributed by atoms with Gasteiger partial charge >= 0.3 is 0 Å². The minimum Gasteiger partial charge on any atom is -0.378 e. The van der Waals surface area contributed by atoms with Gasteiger partial charge in [0, 0.05) is 36.7 Å². The predicted molar refractivity (Wildman–Crippen MR) is 110 cm³/mol. The average molecular weight is 365 g/mol. The van der Waals surface area contributed by atoms with Gasteiger partial charge in [-0.25, -0.2) is 0 Å². The Morgan fingerprint density at radius 2 is 1.78 bits per heavy atom. The third-order valence-electron chi connectivity index (χ3n) is 5.50. The Kier molecular flexibility index (Phi) is 5.30. The summed E-state index contributed by atoms with van der Waals surface area (Å²) in [5.41, 5.74) is 4.54. The van der Waals surface area contributed by atoms with Gasteiger partial charge < -0.3 is 19.9 Å². The lowest BCUT2D eigenvalue weighted by molar-refractivity contribution is -0.117. The molecule has 1 atom stereocenters. The van der Waals surface area contributed by atoms with Gasteiger partial charge in [-0.05, 0) is 55.7 Å². The summed E-state index contributed by atoms with van der Waals surface area (Å²) < 4.78 is 5.40. The van der Waals surface area contributed by atoms with Crippen molar-refractivity contribution in [3.05, 3.63) is 54.1 Å². The SMILES string of the molecule is CC(C(=O)Nc1ccc(N2CCOCC2)cc1)N1CCCc2ccccc21. The van der Waals surface area contributed by atoms with Crippen molar-refractivity contribution in [3.8, 4) is 0 Å². The summed E-state index contributed by atoms with van der Waals surface area (Å²) in [7, 11) is 0. The number of carbonyl (C=O) groups excluding carboxylic acids is 1. The molecule has 2 aliphatic rings. The van der Waals surface area contributed by atoms with Gasteiger partial charge in [0.15, 0.2) is 0 Å². The molecule has 2 aromatic rings. The predicted octanol–water partition coefficient (Wildman–Crippen LogP) is 3.30. The number of morpholine rings is 1. The van der Waals surface area contributed by atoms with E-state index < -0.39 is 0 Å². The molecular weight excluding hydrogens is 338 g/mol. The maximum absolute atomic E-state index is 12.8. The highest BCUT2D eigenvalue weighted by molar-refractivity contribution is 5.97. The van der Waals surface area contributed by atoms with Crippen molar-refractivity contribution < 1.29 is 9.53 Å². The van der Waals surface area contributed by atoms with Crippen LogP contribution in [-0.2, 0) is 16.0 Å². The van der Waals surface area contributed by atoms with Crippen LogP contribution in [0.25, 0.3) is 0 Å². The van der Waals surface area contributed by atoms with Gasteiger partial charge in [0.1, 0.15) is 6.04 Å². The lowest BCUT2D eigenvalue weighted by Crippen LogP contribution is -2.44. The normalized spacial score (nSPS) is 18.0. The highest BCUT2D eigenvalue weighted by Gasteiger charge is 2.25. The van der Waals surface area contributed by atoms with Crippen molar-refractivity contribution >= 4 is 23.0 Å². The number of amides is 1. The second-order valence-corrected chi connectivity index (χ2v) is 7.24. The first-order valence-electron chi connectivity index (χ1n) is 9.80. The molecule has 0 spiro atoms. The van der Waals surface area contributed by atoms with E-state index in [1.165, 1.54) is 16.9 Å². The number of fused-ring (bicyclic) bond motifs is 1. The highest BCUT2D eigenvalue weighted by Crippen LogP contribution is 2.29. The zero-order valence-electron chi connectivity index (χ0n) is 15.9. The molecule has 2 heterocycles. The average Bonchev–Trinajstić information content (AvgIpc) is 2.74. The van der Waals surface area contributed by atoms with Crippen molar-refractivity contribution in [1.82, 2.24) is 0 Å². The first kappa shape index (κ1) is 17.9. The molecule has 1 amide bonds. The topological polar surface area (TPSA) is 44.8 Å². The number of rotatable bonds is 4. The number of carbonyl (C=O) groups is 1. The first-order chi connectivity index (χ1) is 13.2. The van der Waals surface area contributed by atoms with E-state index in [9.17, 15) is 4.79 Å². The maximum Gasteiger partial charge on any atom is 0.246 e. The number of hydrogen-bond donors (Lipinski definition) is 1. The molecule has 5 nitrogen and oxygen atoms in total. The van der Waals surface area contributed by atoms with Gasteiger partial charge in [-0.15, -0.1) is 0 Å². The van der Waals surface area contributed by atoms with Crippen molar-refractivity contribution in [3.63, 3.8) is 0 Å². The van der Waals surface area contributed by atoms with Crippen molar-refractivity contribution in [2.24, 2.45) is 0 Å². The molecule has 1 fully saturated rings. The molecule has 0 aliphatic carbocycles. The second kappa shape index (κ2) is 8.01. The van der Waals surface area contributed by atoms with Crippen LogP contribution in [0.1, 0.15) is 18.9 Å². The Morgan fingerprint density at radius 3 is 2.56 bits per heavy atom. The van der Waals surface area contributed by atoms with Crippen LogP contribution in [0.3, 0.4) is 0 Å². The van der Waals surface area contributed by atoms with E-state index >= 15 is 0 Å². The molecule has 27 heavy (non-hydrogen) atoms. The standard InChI is InChI=1S/C22H27N3O2/c1-17(25-12-4-6-18-5-2-3-7-21(18)25)22(26)23-19-8-10-20(11-9-19)24-13-15-27-16-14-24/h2-3,5,7-11,17H,4,6,12-16H2,1H3,(H,23,26). The maximum atomic E-state index is 12.8. The first-order valence-corrected chi connectivity index (χ1v) is 9.80. The van der Waals surface area contributed by atoms with Gasteiger partial charge in [-0.3, -0.25) is 4.79 Å². The number of para-hydroxylation sites is 1. The van der Waals surface area contributed by atoms with E-state index in [2.05, 4.69) is 45.4 Å². The summed E-state index contributed by atoms with van der Waals surface area (Å²) in [4.78, 5) is 17.4. The fourth-order valence-corrected chi connectivity index (χ4v) is 3.93. The number of anilines is 3. The van der Waals surface area contributed by atoms with Crippen LogP contribution < -0.4 is 15.1 Å². The van der Waals surface area contributed by atoms with Gasteiger partial charge in [0.05, 0.1) is 13.2 Å². The number of hydrogen-bond acceptors (Lipinski definition) is 4. The minimum absolute atomic E-state index is 0.0332. The fourth-order valence-electron chi connectivity index (χ4n) is 3.93. The zero-order valence-corrected chi connectivity index (χ0v) is 15.9. The summed E-state index contributed by atoms with van der Waals surface area (Å²) in [6.45, 7) is 6.27. The van der Waals surface area contributed by atoms with E-state index in [1.807, 2.05) is 25.1 Å². The lowest BCUT2D eigenvalue weighted by atomic mass is 10.00. The molecule has 0 saturated carbocycles. The second-order valence-electron chi connectivity index (χ2n) is 7.24. The Morgan fingerprint density at radius 1 is 1.04 bits per heavy atom. The van der Waals surface area contributed by atoms with Gasteiger partial charge in [0.2, 0.25) is 5.91 Å². The number of benzene rings is 2. The molecule has 0 radical (unpaired) electrons. The number of nitrogens with zero attached hydrogens (tertiary/aromatic N) is 2. The molecular formula is C22H27N3O2. The van der Waals surface area contributed by atoms with Crippen LogP contribution in [0.15, 0.2) is 48.5 Å². The molecule has 2 aromatic carbocycles. The van der Waals surface area contributed by atoms with Crippen LogP contribution in [-0.4, -0.2) is 44.8 Å². The van der Waals surface area contributed by atoms with Crippen LogP contribution >= 0.6 is 0 Å². The summed E-state index contributed by atoms with van der Waals surface area (Å²) in [6, 6.07) is 16.3. The molecule has 142 valence electrons. The van der Waals surface area contributed by atoms with E-state index in [0.717, 1.165) is 51.4 Å². The van der Waals surface area contributed by atoms with E-state index in [0.29, 0.717) is 0 Å². The fraction of sp³-hybridized carbons (Fsp3) is 0.409.